The first kappa shape index (κ1) is 44.6. The van der Waals surface area contributed by atoms with Crippen molar-refractivity contribution in [2.24, 2.45) is 23.7 Å². The standard InChI is InChI=1S/C39H65N5O8/c1-12-25(6)34(43(9)38(48)33(24(4)5)42-37(47)32(40-8)23(2)3)30(51-10)22-31(45)44-20-16-19-29(44)35(52-11)26(7)36(46)41-28(39(49)50)21-27-17-14-13-15-18-27/h13-15,17-18,23-26,28-30,32-35,40H,12,16,19-22H2,1-11H3,(H,41,46)(H,42,47)(H,49,50)/t25-,26-,28+,29+,30-,32-,33-,34+,35+/m0/s1. The number of methoxy groups -OCH3 is 2. The molecule has 0 aliphatic carbocycles. The number of carbonyl (C=O) groups excluding carboxylic acids is 4. The average molecular weight is 732 g/mol. The molecule has 1 aliphatic rings. The van der Waals surface area contributed by atoms with Crippen molar-refractivity contribution in [2.45, 2.75) is 123 Å². The van der Waals surface area contributed by atoms with Crippen LogP contribution in [0.1, 0.15) is 79.7 Å². The monoisotopic (exact) mass is 731 g/mol. The Balaban J connectivity index is 2.26. The minimum Gasteiger partial charge on any atom is -0.480 e. The topological polar surface area (TPSA) is 167 Å². The first-order valence-electron chi connectivity index (χ1n) is 18.7. The van der Waals surface area contributed by atoms with E-state index in [1.165, 1.54) is 14.2 Å². The fraction of sp³-hybridized carbons (Fsp3) is 0.718. The maximum atomic E-state index is 14.1. The van der Waals surface area contributed by atoms with Gasteiger partial charge in [0.25, 0.3) is 0 Å². The molecule has 1 fully saturated rings. The number of likely N-dealkylation sites (tertiary alicyclic amines) is 1. The van der Waals surface area contributed by atoms with Crippen molar-refractivity contribution in [2.75, 3.05) is 34.9 Å². The van der Waals surface area contributed by atoms with Crippen LogP contribution < -0.4 is 16.0 Å². The summed E-state index contributed by atoms with van der Waals surface area (Å²) in [5.74, 6) is -3.27. The van der Waals surface area contributed by atoms with Gasteiger partial charge < -0.3 is 40.3 Å². The molecule has 0 radical (unpaired) electrons. The number of nitrogens with one attached hydrogen (secondary N) is 3. The Morgan fingerprint density at radius 1 is 0.923 bits per heavy atom. The summed E-state index contributed by atoms with van der Waals surface area (Å²) in [6.45, 7) is 13.9. The van der Waals surface area contributed by atoms with Gasteiger partial charge in [0.2, 0.25) is 23.6 Å². The van der Waals surface area contributed by atoms with Crippen LogP contribution in [0.4, 0.5) is 0 Å². The molecule has 0 bridgehead atoms. The zero-order chi connectivity index (χ0) is 39.3. The average Bonchev–Trinajstić information content (AvgIpc) is 3.59. The summed E-state index contributed by atoms with van der Waals surface area (Å²) < 4.78 is 11.8. The molecule has 4 amide bonds. The summed E-state index contributed by atoms with van der Waals surface area (Å²) in [5, 5.41) is 18.5. The van der Waals surface area contributed by atoms with E-state index in [-0.39, 0.29) is 48.3 Å². The van der Waals surface area contributed by atoms with Gasteiger partial charge in [-0.3, -0.25) is 19.2 Å². The lowest BCUT2D eigenvalue weighted by Gasteiger charge is -2.41. The highest BCUT2D eigenvalue weighted by Gasteiger charge is 2.43. The van der Waals surface area contributed by atoms with Gasteiger partial charge in [0.15, 0.2) is 0 Å². The lowest BCUT2D eigenvalue weighted by Crippen LogP contribution is -2.59. The molecule has 1 saturated heterocycles. The fourth-order valence-corrected chi connectivity index (χ4v) is 7.40. The Morgan fingerprint density at radius 2 is 1.54 bits per heavy atom. The third-order valence-corrected chi connectivity index (χ3v) is 10.6. The Bertz CT molecular complexity index is 1310. The number of hydrogen-bond acceptors (Lipinski definition) is 8. The predicted molar refractivity (Wildman–Crippen MR) is 200 cm³/mol. The molecule has 4 N–H and O–H groups in total. The minimum absolute atomic E-state index is 0.0112. The fourth-order valence-electron chi connectivity index (χ4n) is 7.40. The predicted octanol–water partition coefficient (Wildman–Crippen LogP) is 3.10. The second-order valence-electron chi connectivity index (χ2n) is 14.9. The van der Waals surface area contributed by atoms with E-state index < -0.39 is 60.2 Å². The number of amides is 4. The highest BCUT2D eigenvalue weighted by atomic mass is 16.5. The van der Waals surface area contributed by atoms with E-state index in [4.69, 9.17) is 9.47 Å². The van der Waals surface area contributed by atoms with Crippen LogP contribution in [0, 0.1) is 23.7 Å². The molecule has 0 saturated carbocycles. The number of ether oxygens (including phenoxy) is 2. The molecular weight excluding hydrogens is 666 g/mol. The van der Waals surface area contributed by atoms with Crippen LogP contribution in [0.3, 0.4) is 0 Å². The summed E-state index contributed by atoms with van der Waals surface area (Å²) >= 11 is 0. The van der Waals surface area contributed by atoms with Crippen molar-refractivity contribution < 1.29 is 38.6 Å². The largest absolute Gasteiger partial charge is 0.480 e. The number of likely N-dealkylation sites (N-methyl/N-ethyl adjacent to an activating group) is 2. The summed E-state index contributed by atoms with van der Waals surface area (Å²) in [5.41, 5.74) is 0.785. The SMILES string of the molecule is CC[C@H](C)[C@H]([C@H](CC(=O)N1CCC[C@@H]1[C@H](OC)[C@H](C)C(=O)N[C@H](Cc1ccccc1)C(=O)O)OC)N(C)C(=O)[C@@H](NC(=O)[C@@H](NC)C(C)C)C(C)C. The van der Waals surface area contributed by atoms with Gasteiger partial charge in [-0.1, -0.05) is 85.2 Å². The van der Waals surface area contributed by atoms with Gasteiger partial charge in [-0.05, 0) is 43.2 Å². The molecule has 1 aromatic rings. The normalized spacial score (nSPS) is 19.2. The van der Waals surface area contributed by atoms with Crippen molar-refractivity contribution in [3.63, 3.8) is 0 Å². The number of carboxylic acid groups (broad SMARTS) is 1. The van der Waals surface area contributed by atoms with Crippen LogP contribution >= 0.6 is 0 Å². The third kappa shape index (κ3) is 11.7. The Kier molecular flexibility index (Phi) is 18.2. The van der Waals surface area contributed by atoms with E-state index in [1.807, 2.05) is 71.9 Å². The number of nitrogens with zero attached hydrogens (tertiary/aromatic N) is 2. The first-order valence-corrected chi connectivity index (χ1v) is 18.7. The van der Waals surface area contributed by atoms with Gasteiger partial charge in [0.1, 0.15) is 12.1 Å². The maximum Gasteiger partial charge on any atom is 0.326 e. The molecule has 1 heterocycles. The number of carboxylic acids is 1. The van der Waals surface area contributed by atoms with Crippen molar-refractivity contribution in [3.05, 3.63) is 35.9 Å². The van der Waals surface area contributed by atoms with Crippen LogP contribution in [-0.2, 0) is 39.9 Å². The van der Waals surface area contributed by atoms with Crippen molar-refractivity contribution in [3.8, 4) is 0 Å². The lowest BCUT2D eigenvalue weighted by molar-refractivity contribution is -0.148. The van der Waals surface area contributed by atoms with Crippen molar-refractivity contribution in [1.29, 1.82) is 0 Å². The third-order valence-electron chi connectivity index (χ3n) is 10.6. The number of rotatable bonds is 21. The van der Waals surface area contributed by atoms with Crippen LogP contribution in [0.25, 0.3) is 0 Å². The number of benzene rings is 1. The van der Waals surface area contributed by atoms with Gasteiger partial charge in [-0.2, -0.15) is 0 Å². The zero-order valence-electron chi connectivity index (χ0n) is 33.2. The van der Waals surface area contributed by atoms with Crippen molar-refractivity contribution >= 4 is 29.6 Å². The Hall–Kier alpha value is -3.55. The molecule has 2 rings (SSSR count). The molecule has 0 aromatic heterocycles. The molecule has 1 aromatic carbocycles. The first-order chi connectivity index (χ1) is 24.5. The number of carbonyl (C=O) groups is 5. The van der Waals surface area contributed by atoms with E-state index in [0.717, 1.165) is 12.0 Å². The van der Waals surface area contributed by atoms with Crippen LogP contribution in [-0.4, -0.2) is 122 Å². The summed E-state index contributed by atoms with van der Waals surface area (Å²) in [7, 11) is 6.46. The maximum absolute atomic E-state index is 14.1. The van der Waals surface area contributed by atoms with E-state index >= 15 is 0 Å². The zero-order valence-corrected chi connectivity index (χ0v) is 33.2. The van der Waals surface area contributed by atoms with E-state index in [1.54, 1.807) is 30.8 Å². The van der Waals surface area contributed by atoms with Crippen LogP contribution in [0.15, 0.2) is 30.3 Å². The Morgan fingerprint density at radius 3 is 2.04 bits per heavy atom. The quantitative estimate of drug-likeness (QED) is 0.149. The lowest BCUT2D eigenvalue weighted by atomic mass is 9.89. The molecule has 9 atom stereocenters. The molecule has 0 unspecified atom stereocenters. The van der Waals surface area contributed by atoms with E-state index in [2.05, 4.69) is 16.0 Å². The van der Waals surface area contributed by atoms with Gasteiger partial charge in [-0.15, -0.1) is 0 Å². The highest BCUT2D eigenvalue weighted by Crippen LogP contribution is 2.29. The second-order valence-corrected chi connectivity index (χ2v) is 14.9. The molecule has 52 heavy (non-hydrogen) atoms. The number of aliphatic carboxylic acids is 1. The second kappa shape index (κ2) is 21.2. The summed E-state index contributed by atoms with van der Waals surface area (Å²) in [6, 6.07) is 5.84. The summed E-state index contributed by atoms with van der Waals surface area (Å²) in [6.07, 6.45) is 0.818. The van der Waals surface area contributed by atoms with Crippen LogP contribution in [0.5, 0.6) is 0 Å². The Labute approximate surface area is 310 Å². The van der Waals surface area contributed by atoms with E-state index in [0.29, 0.717) is 19.4 Å². The molecule has 294 valence electrons. The molecule has 1 aliphatic heterocycles. The smallest absolute Gasteiger partial charge is 0.326 e. The van der Waals surface area contributed by atoms with Gasteiger partial charge in [-0.25, -0.2) is 4.79 Å². The number of hydrogen-bond donors (Lipinski definition) is 4. The highest BCUT2D eigenvalue weighted by molar-refractivity contribution is 5.90. The molecular formula is C39H65N5O8. The summed E-state index contributed by atoms with van der Waals surface area (Å²) in [4.78, 5) is 70.3. The van der Waals surface area contributed by atoms with E-state index in [9.17, 15) is 29.1 Å². The minimum atomic E-state index is -1.14. The van der Waals surface area contributed by atoms with Gasteiger partial charge in [0, 0.05) is 34.2 Å². The van der Waals surface area contributed by atoms with Gasteiger partial charge >= 0.3 is 5.97 Å². The van der Waals surface area contributed by atoms with Crippen LogP contribution in [0.2, 0.25) is 0 Å². The molecule has 0 spiro atoms. The van der Waals surface area contributed by atoms with Gasteiger partial charge in [0.05, 0.1) is 42.7 Å². The molecule has 13 heteroatoms. The van der Waals surface area contributed by atoms with Crippen molar-refractivity contribution in [1.82, 2.24) is 25.8 Å². The molecule has 13 nitrogen and oxygen atoms in total.